The number of esters is 1. The fourth-order valence-electron chi connectivity index (χ4n) is 1.37. The molecule has 0 aliphatic carbocycles. The van der Waals surface area contributed by atoms with Gasteiger partial charge in [0.15, 0.2) is 0 Å². The summed E-state index contributed by atoms with van der Waals surface area (Å²) >= 11 is 5.53. The number of halogens is 2. The molecule has 1 rings (SSSR count). The average molecular weight is 447 g/mol. The lowest BCUT2D eigenvalue weighted by Gasteiger charge is -2.13. The number of carbonyl (C=O) groups is 1. The second kappa shape index (κ2) is 8.30. The van der Waals surface area contributed by atoms with Crippen molar-refractivity contribution in [1.82, 2.24) is 0 Å². The van der Waals surface area contributed by atoms with Gasteiger partial charge in [-0.2, -0.15) is 0 Å². The molecule has 7 heteroatoms. The van der Waals surface area contributed by atoms with Crippen molar-refractivity contribution in [2.45, 2.75) is 6.92 Å². The second-order valence-corrected chi connectivity index (χ2v) is 5.93. The van der Waals surface area contributed by atoms with Gasteiger partial charge in [0.05, 0.1) is 20.2 Å². The second-order valence-electron chi connectivity index (χ2n) is 3.31. The first-order chi connectivity index (χ1) is 8.61. The first kappa shape index (κ1) is 16.1. The van der Waals surface area contributed by atoms with E-state index in [4.69, 9.17) is 14.0 Å². The summed E-state index contributed by atoms with van der Waals surface area (Å²) in [6, 6.07) is 3.59. The fourth-order valence-corrected chi connectivity index (χ4v) is 2.52. The minimum Gasteiger partial charge on any atom is -0.490 e. The Hall–Kier alpha value is 0.0900. The molecule has 0 N–H and O–H groups in total. The number of benzene rings is 1. The van der Waals surface area contributed by atoms with E-state index in [-0.39, 0.29) is 0 Å². The van der Waals surface area contributed by atoms with Gasteiger partial charge >= 0.3 is 5.97 Å². The first-order valence-corrected chi connectivity index (χ1v) is 9.91. The SMILES string of the molecule is COC(=O)c1c(OCCOPI)ccc(Br)c1C. The quantitative estimate of drug-likeness (QED) is 0.288. The van der Waals surface area contributed by atoms with Crippen molar-refractivity contribution in [3.8, 4) is 5.75 Å². The Labute approximate surface area is 129 Å². The topological polar surface area (TPSA) is 44.8 Å². The number of methoxy groups -OCH3 is 1. The molecule has 0 aromatic heterocycles. The zero-order chi connectivity index (χ0) is 13.5. The summed E-state index contributed by atoms with van der Waals surface area (Å²) in [6.45, 7) is 3.14. The molecule has 0 heterocycles. The van der Waals surface area contributed by atoms with Gasteiger partial charge in [0.25, 0.3) is 0 Å². The van der Waals surface area contributed by atoms with E-state index in [9.17, 15) is 4.79 Å². The zero-order valence-electron chi connectivity index (χ0n) is 9.96. The summed E-state index contributed by atoms with van der Waals surface area (Å²) in [4.78, 5) is 11.7. The molecule has 0 saturated carbocycles. The van der Waals surface area contributed by atoms with Crippen molar-refractivity contribution in [3.05, 3.63) is 27.7 Å². The van der Waals surface area contributed by atoms with E-state index in [0.29, 0.717) is 31.0 Å². The van der Waals surface area contributed by atoms with Crippen LogP contribution in [0.5, 0.6) is 5.75 Å². The monoisotopic (exact) mass is 446 g/mol. The van der Waals surface area contributed by atoms with Gasteiger partial charge in [0.1, 0.15) is 17.9 Å². The Bertz CT molecular complexity index is 428. The lowest BCUT2D eigenvalue weighted by molar-refractivity contribution is 0.0594. The summed E-state index contributed by atoms with van der Waals surface area (Å²) in [5, 5.41) is 0. The zero-order valence-corrected chi connectivity index (χ0v) is 14.7. The molecule has 0 spiro atoms. The van der Waals surface area contributed by atoms with Gasteiger partial charge in [-0.15, -0.1) is 0 Å². The van der Waals surface area contributed by atoms with Crippen molar-refractivity contribution >= 4 is 50.4 Å². The molecule has 0 fully saturated rings. The highest BCUT2D eigenvalue weighted by molar-refractivity contribution is 14.2. The van der Waals surface area contributed by atoms with Crippen LogP contribution in [-0.4, -0.2) is 26.3 Å². The van der Waals surface area contributed by atoms with Crippen LogP contribution in [0.15, 0.2) is 16.6 Å². The molecular weight excluding hydrogens is 434 g/mol. The number of carbonyl (C=O) groups excluding carboxylic acids is 1. The standard InChI is InChI=1S/C11H13BrIO4P/c1-7-8(12)3-4-9(10(7)11(14)15-2)16-5-6-17-18-13/h3-4,18H,5-6H2,1-2H3. The van der Waals surface area contributed by atoms with Gasteiger partial charge in [0.2, 0.25) is 0 Å². The van der Waals surface area contributed by atoms with E-state index >= 15 is 0 Å². The van der Waals surface area contributed by atoms with Crippen molar-refractivity contribution in [1.29, 1.82) is 0 Å². The van der Waals surface area contributed by atoms with Crippen LogP contribution in [0.3, 0.4) is 0 Å². The van der Waals surface area contributed by atoms with Crippen molar-refractivity contribution in [3.63, 3.8) is 0 Å². The molecule has 0 aliphatic heterocycles. The summed E-state index contributed by atoms with van der Waals surface area (Å²) in [7, 11) is 1.35. The molecule has 1 aromatic carbocycles. The lowest BCUT2D eigenvalue weighted by Crippen LogP contribution is -2.10. The van der Waals surface area contributed by atoms with E-state index in [1.165, 1.54) is 7.11 Å². The predicted octanol–water partition coefficient (Wildman–Crippen LogP) is 3.88. The number of rotatable bonds is 6. The van der Waals surface area contributed by atoms with E-state index in [1.54, 1.807) is 6.07 Å². The average Bonchev–Trinajstić information content (AvgIpc) is 2.38. The molecule has 0 amide bonds. The summed E-state index contributed by atoms with van der Waals surface area (Å²) in [5.41, 5.74) is 1.25. The third-order valence-electron chi connectivity index (χ3n) is 2.25. The largest absolute Gasteiger partial charge is 0.490 e. The van der Waals surface area contributed by atoms with Gasteiger partial charge < -0.3 is 14.0 Å². The molecule has 1 aromatic rings. The highest BCUT2D eigenvalue weighted by Gasteiger charge is 2.18. The van der Waals surface area contributed by atoms with Crippen molar-refractivity contribution < 1.29 is 18.8 Å². The summed E-state index contributed by atoms with van der Waals surface area (Å²) in [5.74, 6) is 0.114. The van der Waals surface area contributed by atoms with Crippen LogP contribution in [0, 0.1) is 6.92 Å². The van der Waals surface area contributed by atoms with Crippen LogP contribution in [0.1, 0.15) is 15.9 Å². The normalized spacial score (nSPS) is 10.9. The van der Waals surface area contributed by atoms with E-state index < -0.39 is 5.97 Å². The molecule has 100 valence electrons. The maximum Gasteiger partial charge on any atom is 0.341 e. The minimum absolute atomic E-state index is 0.402. The van der Waals surface area contributed by atoms with Gasteiger partial charge in [0, 0.05) is 4.47 Å². The van der Waals surface area contributed by atoms with E-state index in [2.05, 4.69) is 38.0 Å². The summed E-state index contributed by atoms with van der Waals surface area (Å²) in [6.07, 6.45) is 0. The Morgan fingerprint density at radius 1 is 1.44 bits per heavy atom. The molecule has 0 saturated heterocycles. The predicted molar refractivity (Wildman–Crippen MR) is 84.0 cm³/mol. The molecule has 0 aliphatic rings. The maximum absolute atomic E-state index is 11.7. The smallest absolute Gasteiger partial charge is 0.341 e. The lowest BCUT2D eigenvalue weighted by atomic mass is 10.1. The molecule has 1 atom stereocenters. The van der Waals surface area contributed by atoms with Gasteiger partial charge in [-0.05, 0) is 46.7 Å². The molecule has 18 heavy (non-hydrogen) atoms. The molecular formula is C11H13BrIO4P. The minimum atomic E-state index is -0.402. The summed E-state index contributed by atoms with van der Waals surface area (Å²) < 4.78 is 16.4. The molecule has 4 nitrogen and oxygen atoms in total. The highest BCUT2D eigenvalue weighted by atomic mass is 127. The van der Waals surface area contributed by atoms with Crippen LogP contribution in [0.4, 0.5) is 0 Å². The van der Waals surface area contributed by atoms with Crippen LogP contribution in [-0.2, 0) is 9.26 Å². The third kappa shape index (κ3) is 4.33. The van der Waals surface area contributed by atoms with Gasteiger partial charge in [-0.3, -0.25) is 0 Å². The third-order valence-corrected chi connectivity index (χ3v) is 4.35. The molecule has 1 unspecified atom stereocenters. The number of ether oxygens (including phenoxy) is 2. The number of hydrogen-bond acceptors (Lipinski definition) is 4. The van der Waals surface area contributed by atoms with Gasteiger partial charge in [-0.1, -0.05) is 15.9 Å². The van der Waals surface area contributed by atoms with Crippen LogP contribution < -0.4 is 4.74 Å². The first-order valence-electron chi connectivity index (χ1n) is 5.09. The Kier molecular flexibility index (Phi) is 7.44. The fraction of sp³-hybridized carbons (Fsp3) is 0.364. The van der Waals surface area contributed by atoms with Crippen LogP contribution in [0.2, 0.25) is 0 Å². The van der Waals surface area contributed by atoms with E-state index in [0.717, 1.165) is 10.0 Å². The van der Waals surface area contributed by atoms with Gasteiger partial charge in [-0.25, -0.2) is 4.79 Å². The Morgan fingerprint density at radius 2 is 2.17 bits per heavy atom. The maximum atomic E-state index is 11.7. The van der Waals surface area contributed by atoms with E-state index in [1.807, 2.05) is 13.0 Å². The number of hydrogen-bond donors (Lipinski definition) is 0. The Morgan fingerprint density at radius 3 is 2.78 bits per heavy atom. The molecule has 0 radical (unpaired) electrons. The van der Waals surface area contributed by atoms with Crippen LogP contribution in [0.25, 0.3) is 0 Å². The van der Waals surface area contributed by atoms with Crippen molar-refractivity contribution in [2.24, 2.45) is 0 Å². The van der Waals surface area contributed by atoms with Crippen LogP contribution >= 0.6 is 44.4 Å². The Balaban J connectivity index is 2.89. The highest BCUT2D eigenvalue weighted by Crippen LogP contribution is 2.29. The van der Waals surface area contributed by atoms with Crippen molar-refractivity contribution in [2.75, 3.05) is 20.3 Å². The molecule has 0 bridgehead atoms.